The molecule has 0 heteroatoms. The van der Waals surface area contributed by atoms with Crippen molar-refractivity contribution in [1.29, 1.82) is 0 Å². The fourth-order valence-corrected chi connectivity index (χ4v) is 8.62. The van der Waals surface area contributed by atoms with Gasteiger partial charge in [-0.2, -0.15) is 0 Å². The lowest BCUT2D eigenvalue weighted by Gasteiger charge is -2.44. The van der Waals surface area contributed by atoms with Crippen molar-refractivity contribution in [3.05, 3.63) is 142 Å². The van der Waals surface area contributed by atoms with E-state index in [-0.39, 0.29) is 5.41 Å². The van der Waals surface area contributed by atoms with Crippen molar-refractivity contribution in [3.8, 4) is 0 Å². The number of benzene rings is 4. The Morgan fingerprint density at radius 3 is 1.57 bits per heavy atom. The molecule has 2 aliphatic rings. The Balaban J connectivity index is 1.56. The molecule has 0 aromatic heterocycles. The van der Waals surface area contributed by atoms with Gasteiger partial charge in [0, 0.05) is 5.41 Å². The Bertz CT molecular complexity index is 1370. The fraction of sp³-hybridized carbons (Fsp3) is 0.429. The average Bonchev–Trinajstić information content (AvgIpc) is 3.04. The van der Waals surface area contributed by atoms with Gasteiger partial charge in [0.15, 0.2) is 0 Å². The van der Waals surface area contributed by atoms with Crippen LogP contribution in [-0.4, -0.2) is 0 Å². The van der Waals surface area contributed by atoms with Crippen molar-refractivity contribution >= 4 is 0 Å². The van der Waals surface area contributed by atoms with Gasteiger partial charge >= 0.3 is 0 Å². The zero-order valence-electron chi connectivity index (χ0n) is 25.9. The zero-order valence-corrected chi connectivity index (χ0v) is 25.9. The maximum Gasteiger partial charge on any atom is 0.0213 e. The molecular weight excluding hydrogens is 504 g/mol. The summed E-state index contributed by atoms with van der Waals surface area (Å²) in [5.74, 6) is 1.62. The number of aryl methyl sites for hydroxylation is 1. The summed E-state index contributed by atoms with van der Waals surface area (Å²) in [5.41, 5.74) is 10.7. The molecule has 0 aliphatic heterocycles. The van der Waals surface area contributed by atoms with Crippen LogP contribution in [0.3, 0.4) is 0 Å². The van der Waals surface area contributed by atoms with E-state index in [9.17, 15) is 0 Å². The van der Waals surface area contributed by atoms with E-state index in [1.54, 1.807) is 16.7 Å². The van der Waals surface area contributed by atoms with Crippen molar-refractivity contribution in [1.82, 2.24) is 0 Å². The van der Waals surface area contributed by atoms with Crippen molar-refractivity contribution < 1.29 is 0 Å². The molecule has 4 aromatic rings. The summed E-state index contributed by atoms with van der Waals surface area (Å²) in [6, 6.07) is 39.3. The quantitative estimate of drug-likeness (QED) is 0.183. The molecule has 0 atom stereocenters. The summed E-state index contributed by atoms with van der Waals surface area (Å²) in [4.78, 5) is 0. The molecule has 0 nitrogen and oxygen atoms in total. The van der Waals surface area contributed by atoms with Crippen LogP contribution in [0.2, 0.25) is 0 Å². The molecule has 6 rings (SSSR count). The van der Waals surface area contributed by atoms with E-state index < -0.39 is 0 Å². The van der Waals surface area contributed by atoms with Gasteiger partial charge in [-0.1, -0.05) is 167 Å². The van der Waals surface area contributed by atoms with E-state index in [4.69, 9.17) is 0 Å². The Morgan fingerprint density at radius 1 is 0.500 bits per heavy atom. The summed E-state index contributed by atoms with van der Waals surface area (Å²) in [7, 11) is 0. The van der Waals surface area contributed by atoms with Crippen molar-refractivity contribution in [2.24, 2.45) is 11.8 Å². The Labute approximate surface area is 255 Å². The van der Waals surface area contributed by atoms with Crippen LogP contribution in [-0.2, 0) is 18.3 Å². The second kappa shape index (κ2) is 13.9. The highest BCUT2D eigenvalue weighted by atomic mass is 14.4. The minimum absolute atomic E-state index is 0.0478. The smallest absolute Gasteiger partial charge is 0.0213 e. The minimum atomic E-state index is 0.0478. The second-order valence-electron chi connectivity index (χ2n) is 13.6. The van der Waals surface area contributed by atoms with Gasteiger partial charge < -0.3 is 0 Å². The van der Waals surface area contributed by atoms with Gasteiger partial charge in [-0.05, 0) is 83.4 Å². The van der Waals surface area contributed by atoms with Crippen LogP contribution in [0.1, 0.15) is 116 Å². The predicted octanol–water partition coefficient (Wildman–Crippen LogP) is 11.4. The topological polar surface area (TPSA) is 0 Å². The third-order valence-corrected chi connectivity index (χ3v) is 10.6. The minimum Gasteiger partial charge on any atom is -0.0622 e. The highest BCUT2D eigenvalue weighted by molar-refractivity contribution is 5.52. The highest BCUT2D eigenvalue weighted by Crippen LogP contribution is 2.50. The van der Waals surface area contributed by atoms with E-state index in [0.29, 0.717) is 0 Å². The predicted molar refractivity (Wildman–Crippen MR) is 179 cm³/mol. The first-order valence-electron chi connectivity index (χ1n) is 17.0. The van der Waals surface area contributed by atoms with E-state index in [1.807, 2.05) is 0 Å². The maximum atomic E-state index is 2.56. The van der Waals surface area contributed by atoms with Crippen LogP contribution < -0.4 is 0 Å². The van der Waals surface area contributed by atoms with Crippen molar-refractivity contribution in [2.75, 3.05) is 0 Å². The molecule has 0 unspecified atom stereocenters. The molecule has 0 amide bonds. The van der Waals surface area contributed by atoms with E-state index >= 15 is 0 Å². The summed E-state index contributed by atoms with van der Waals surface area (Å²) < 4.78 is 0. The maximum absolute atomic E-state index is 2.56. The lowest BCUT2D eigenvalue weighted by Crippen LogP contribution is -2.36. The van der Waals surface area contributed by atoms with Crippen LogP contribution >= 0.6 is 0 Å². The summed E-state index contributed by atoms with van der Waals surface area (Å²) in [6.45, 7) is 2.39. The molecule has 4 aromatic carbocycles. The largest absolute Gasteiger partial charge is 0.0622 e. The van der Waals surface area contributed by atoms with Crippen LogP contribution in [0.5, 0.6) is 0 Å². The van der Waals surface area contributed by atoms with E-state index in [1.165, 1.54) is 99.3 Å². The molecule has 2 saturated carbocycles. The molecule has 0 saturated heterocycles. The van der Waals surface area contributed by atoms with Crippen LogP contribution in [0, 0.1) is 18.8 Å². The Morgan fingerprint density at radius 2 is 1.00 bits per heavy atom. The molecular formula is C42H50. The lowest BCUT2D eigenvalue weighted by molar-refractivity contribution is 0.222. The lowest BCUT2D eigenvalue weighted by atomic mass is 9.59. The molecule has 218 valence electrons. The van der Waals surface area contributed by atoms with Crippen molar-refractivity contribution in [3.63, 3.8) is 0 Å². The van der Waals surface area contributed by atoms with Crippen LogP contribution in [0.15, 0.2) is 103 Å². The first-order chi connectivity index (χ1) is 20.7. The van der Waals surface area contributed by atoms with Crippen molar-refractivity contribution in [2.45, 2.75) is 102 Å². The van der Waals surface area contributed by atoms with Gasteiger partial charge in [0.05, 0.1) is 0 Å². The first-order valence-corrected chi connectivity index (χ1v) is 17.0. The van der Waals surface area contributed by atoms with Gasteiger partial charge in [-0.25, -0.2) is 0 Å². The first kappa shape index (κ1) is 29.0. The highest BCUT2D eigenvalue weighted by Gasteiger charge is 2.41. The molecule has 2 fully saturated rings. The van der Waals surface area contributed by atoms with Gasteiger partial charge in [0.2, 0.25) is 0 Å². The molecule has 0 bridgehead atoms. The fourth-order valence-electron chi connectivity index (χ4n) is 8.62. The summed E-state index contributed by atoms with van der Waals surface area (Å²) in [6.07, 6.45) is 18.6. The SMILES string of the molecule is Cc1ccccc1C(CC1CCCCC1)(CC1CCCCC1)c1cccc(Cc2ccccc2)c1Cc1ccccc1. The van der Waals surface area contributed by atoms with Gasteiger partial charge in [0.25, 0.3) is 0 Å². The van der Waals surface area contributed by atoms with E-state index in [0.717, 1.165) is 24.7 Å². The third kappa shape index (κ3) is 6.75. The summed E-state index contributed by atoms with van der Waals surface area (Å²) >= 11 is 0. The molecule has 0 N–H and O–H groups in total. The molecule has 0 radical (unpaired) electrons. The van der Waals surface area contributed by atoms with E-state index in [2.05, 4.69) is 110 Å². The molecule has 2 aliphatic carbocycles. The second-order valence-corrected chi connectivity index (χ2v) is 13.6. The standard InChI is InChI=1S/C42H50/c1-33-17-14-15-27-40(33)42(31-36-22-10-4-11-23-36,32-37-24-12-5-13-25-37)41-28-16-26-38(29-34-18-6-2-7-19-34)39(41)30-35-20-8-3-9-21-35/h2-3,6-9,14-21,26-28,36-37H,4-5,10-13,22-25,29-32H2,1H3. The molecule has 42 heavy (non-hydrogen) atoms. The van der Waals surface area contributed by atoms with Crippen LogP contribution in [0.4, 0.5) is 0 Å². The average molecular weight is 555 g/mol. The Kier molecular flexibility index (Phi) is 9.59. The number of hydrogen-bond donors (Lipinski definition) is 0. The normalized spacial score (nSPS) is 16.9. The molecule has 0 heterocycles. The van der Waals surface area contributed by atoms with Gasteiger partial charge in [0.1, 0.15) is 0 Å². The van der Waals surface area contributed by atoms with Gasteiger partial charge in [-0.3, -0.25) is 0 Å². The zero-order chi connectivity index (χ0) is 28.6. The van der Waals surface area contributed by atoms with Gasteiger partial charge in [-0.15, -0.1) is 0 Å². The van der Waals surface area contributed by atoms with Crippen LogP contribution in [0.25, 0.3) is 0 Å². The monoisotopic (exact) mass is 554 g/mol. The number of hydrogen-bond acceptors (Lipinski definition) is 0. The summed E-state index contributed by atoms with van der Waals surface area (Å²) in [5, 5.41) is 0. The molecule has 0 spiro atoms. The third-order valence-electron chi connectivity index (χ3n) is 10.6. The Hall–Kier alpha value is -3.12. The number of rotatable bonds is 10.